The third-order valence-electron chi connectivity index (χ3n) is 1.32. The molecule has 2 N–H and O–H groups in total. The highest BCUT2D eigenvalue weighted by atomic mass is 16.2. The van der Waals surface area contributed by atoms with E-state index in [1.807, 2.05) is 0 Å². The lowest BCUT2D eigenvalue weighted by Gasteiger charge is -2.16. The summed E-state index contributed by atoms with van der Waals surface area (Å²) >= 11 is 0. The van der Waals surface area contributed by atoms with Gasteiger partial charge in [-0.15, -0.1) is 0 Å². The molecule has 4 nitrogen and oxygen atoms in total. The van der Waals surface area contributed by atoms with Gasteiger partial charge in [0.25, 0.3) is 5.91 Å². The first kappa shape index (κ1) is 7.78. The van der Waals surface area contributed by atoms with Crippen LogP contribution in [0.2, 0.25) is 0 Å². The molecule has 0 aliphatic carbocycles. The fraction of sp³-hybridized carbons (Fsp3) is 0.429. The van der Waals surface area contributed by atoms with Crippen molar-refractivity contribution in [2.75, 3.05) is 13.1 Å². The van der Waals surface area contributed by atoms with Gasteiger partial charge in [-0.3, -0.25) is 9.59 Å². The number of nitrogens with one attached hydrogen (secondary N) is 2. The highest BCUT2D eigenvalue weighted by Gasteiger charge is 2.12. The Kier molecular flexibility index (Phi) is 2.25. The normalized spacial score (nSPS) is 20.8. The van der Waals surface area contributed by atoms with Gasteiger partial charge in [0.05, 0.1) is 0 Å². The van der Waals surface area contributed by atoms with Crippen molar-refractivity contribution < 1.29 is 9.59 Å². The topological polar surface area (TPSA) is 58.2 Å². The van der Waals surface area contributed by atoms with E-state index in [4.69, 9.17) is 0 Å². The monoisotopic (exact) mass is 154 g/mol. The van der Waals surface area contributed by atoms with E-state index in [1.54, 1.807) is 0 Å². The Morgan fingerprint density at radius 2 is 2.09 bits per heavy atom. The first-order valence-electron chi connectivity index (χ1n) is 3.44. The Morgan fingerprint density at radius 3 is 2.64 bits per heavy atom. The average Bonchev–Trinajstić information content (AvgIpc) is 1.93. The number of carbonyl (C=O) groups excluding carboxylic acids is 2. The fourth-order valence-electron chi connectivity index (χ4n) is 0.869. The summed E-state index contributed by atoms with van der Waals surface area (Å²) in [4.78, 5) is 21.5. The molecule has 1 saturated heterocycles. The van der Waals surface area contributed by atoms with Crippen molar-refractivity contribution in [3.05, 3.63) is 11.8 Å². The van der Waals surface area contributed by atoms with Crippen molar-refractivity contribution in [3.63, 3.8) is 0 Å². The molecule has 1 amide bonds. The van der Waals surface area contributed by atoms with E-state index in [0.29, 0.717) is 18.8 Å². The summed E-state index contributed by atoms with van der Waals surface area (Å²) in [7, 11) is 0. The lowest BCUT2D eigenvalue weighted by atomic mass is 10.2. The smallest absolute Gasteiger partial charge is 0.267 e. The average molecular weight is 154 g/mol. The van der Waals surface area contributed by atoms with Gasteiger partial charge in [0.2, 0.25) is 0 Å². The number of allylic oxidation sites excluding steroid dienone is 1. The van der Waals surface area contributed by atoms with E-state index in [9.17, 15) is 9.59 Å². The second-order valence-corrected chi connectivity index (χ2v) is 2.35. The van der Waals surface area contributed by atoms with Crippen LogP contribution in [-0.2, 0) is 9.59 Å². The molecule has 0 atom stereocenters. The number of rotatable bonds is 1. The SMILES string of the molecule is CC(=O)/C=C1/NCCNC1=O. The third kappa shape index (κ3) is 2.07. The summed E-state index contributed by atoms with van der Waals surface area (Å²) < 4.78 is 0. The second kappa shape index (κ2) is 3.18. The Bertz CT molecular complexity index is 220. The molecule has 0 unspecified atom stereocenters. The van der Waals surface area contributed by atoms with Crippen LogP contribution in [0, 0.1) is 0 Å². The fourth-order valence-corrected chi connectivity index (χ4v) is 0.869. The number of hydrogen-bond acceptors (Lipinski definition) is 3. The number of amides is 1. The van der Waals surface area contributed by atoms with Gasteiger partial charge in [0.1, 0.15) is 5.70 Å². The molecule has 0 saturated carbocycles. The van der Waals surface area contributed by atoms with Gasteiger partial charge in [0.15, 0.2) is 5.78 Å². The minimum atomic E-state index is -0.202. The van der Waals surface area contributed by atoms with E-state index >= 15 is 0 Å². The zero-order valence-corrected chi connectivity index (χ0v) is 6.31. The molecule has 0 spiro atoms. The number of piperazine rings is 1. The number of carbonyl (C=O) groups is 2. The summed E-state index contributed by atoms with van der Waals surface area (Å²) in [5, 5.41) is 5.44. The van der Waals surface area contributed by atoms with Crippen LogP contribution in [0.25, 0.3) is 0 Å². The molecular formula is C7H10N2O2. The largest absolute Gasteiger partial charge is 0.379 e. The molecule has 1 heterocycles. The van der Waals surface area contributed by atoms with Crippen molar-refractivity contribution >= 4 is 11.7 Å². The molecule has 0 bridgehead atoms. The number of hydrogen-bond donors (Lipinski definition) is 2. The quantitative estimate of drug-likeness (QED) is 0.485. The van der Waals surface area contributed by atoms with Crippen LogP contribution in [0.15, 0.2) is 11.8 Å². The molecule has 0 aromatic heterocycles. The van der Waals surface area contributed by atoms with E-state index < -0.39 is 0 Å². The molecule has 0 aromatic carbocycles. The highest BCUT2D eigenvalue weighted by Crippen LogP contribution is 1.93. The minimum absolute atomic E-state index is 0.121. The standard InChI is InChI=1S/C7H10N2O2/c1-5(10)4-6-7(11)9-3-2-8-6/h4,8H,2-3H2,1H3,(H,9,11)/b6-4+. The Balaban J connectivity index is 2.68. The maximum absolute atomic E-state index is 10.9. The zero-order chi connectivity index (χ0) is 8.27. The molecular weight excluding hydrogens is 144 g/mol. The molecule has 1 rings (SSSR count). The molecule has 4 heteroatoms. The van der Waals surface area contributed by atoms with Gasteiger partial charge in [0, 0.05) is 19.2 Å². The zero-order valence-electron chi connectivity index (χ0n) is 6.31. The van der Waals surface area contributed by atoms with Gasteiger partial charge in [-0.25, -0.2) is 0 Å². The van der Waals surface area contributed by atoms with Crippen molar-refractivity contribution in [3.8, 4) is 0 Å². The van der Waals surface area contributed by atoms with Crippen LogP contribution in [0.1, 0.15) is 6.92 Å². The summed E-state index contributed by atoms with van der Waals surface area (Å²) in [6.45, 7) is 2.72. The lowest BCUT2D eigenvalue weighted by molar-refractivity contribution is -0.119. The molecule has 1 fully saturated rings. The van der Waals surface area contributed by atoms with Crippen LogP contribution in [0.4, 0.5) is 0 Å². The molecule has 60 valence electrons. The van der Waals surface area contributed by atoms with Crippen molar-refractivity contribution in [1.82, 2.24) is 10.6 Å². The molecule has 1 aliphatic heterocycles. The first-order valence-corrected chi connectivity index (χ1v) is 3.44. The van der Waals surface area contributed by atoms with Crippen molar-refractivity contribution in [2.45, 2.75) is 6.92 Å². The first-order chi connectivity index (χ1) is 5.20. The number of ketones is 1. The van der Waals surface area contributed by atoms with Crippen LogP contribution >= 0.6 is 0 Å². The maximum atomic E-state index is 10.9. The molecule has 1 aliphatic rings. The molecule has 0 aromatic rings. The minimum Gasteiger partial charge on any atom is -0.379 e. The van der Waals surface area contributed by atoms with Gasteiger partial charge in [-0.1, -0.05) is 0 Å². The Morgan fingerprint density at radius 1 is 1.45 bits per heavy atom. The highest BCUT2D eigenvalue weighted by molar-refractivity contribution is 6.00. The molecule has 0 radical (unpaired) electrons. The third-order valence-corrected chi connectivity index (χ3v) is 1.32. The van der Waals surface area contributed by atoms with Crippen LogP contribution in [0.5, 0.6) is 0 Å². The van der Waals surface area contributed by atoms with Crippen LogP contribution < -0.4 is 10.6 Å². The van der Waals surface area contributed by atoms with E-state index in [-0.39, 0.29) is 11.7 Å². The van der Waals surface area contributed by atoms with E-state index in [2.05, 4.69) is 10.6 Å². The summed E-state index contributed by atoms with van der Waals surface area (Å²) in [5.74, 6) is -0.323. The van der Waals surface area contributed by atoms with Crippen LogP contribution in [0.3, 0.4) is 0 Å². The van der Waals surface area contributed by atoms with Crippen LogP contribution in [-0.4, -0.2) is 24.8 Å². The van der Waals surface area contributed by atoms with Gasteiger partial charge >= 0.3 is 0 Å². The summed E-state index contributed by atoms with van der Waals surface area (Å²) in [5.41, 5.74) is 0.365. The maximum Gasteiger partial charge on any atom is 0.267 e. The summed E-state index contributed by atoms with van der Waals surface area (Å²) in [6, 6.07) is 0. The van der Waals surface area contributed by atoms with Crippen molar-refractivity contribution in [2.24, 2.45) is 0 Å². The summed E-state index contributed by atoms with van der Waals surface area (Å²) in [6.07, 6.45) is 1.30. The van der Waals surface area contributed by atoms with Crippen molar-refractivity contribution in [1.29, 1.82) is 0 Å². The van der Waals surface area contributed by atoms with Gasteiger partial charge < -0.3 is 10.6 Å². The van der Waals surface area contributed by atoms with Gasteiger partial charge in [-0.05, 0) is 6.92 Å². The second-order valence-electron chi connectivity index (χ2n) is 2.35. The van der Waals surface area contributed by atoms with E-state index in [1.165, 1.54) is 13.0 Å². The van der Waals surface area contributed by atoms with E-state index in [0.717, 1.165) is 0 Å². The predicted molar refractivity (Wildman–Crippen MR) is 39.8 cm³/mol. The predicted octanol–water partition coefficient (Wildman–Crippen LogP) is -0.821. The lowest BCUT2D eigenvalue weighted by Crippen LogP contribution is -2.43. The molecule has 11 heavy (non-hydrogen) atoms. The Labute approximate surface area is 64.7 Å². The van der Waals surface area contributed by atoms with Gasteiger partial charge in [-0.2, -0.15) is 0 Å². The Hall–Kier alpha value is -1.32.